The van der Waals surface area contributed by atoms with E-state index in [9.17, 15) is 9.59 Å². The second kappa shape index (κ2) is 23.3. The molecule has 0 aliphatic carbocycles. The van der Waals surface area contributed by atoms with E-state index in [2.05, 4.69) is 73.1 Å². The van der Waals surface area contributed by atoms with Crippen LogP contribution in [-0.2, 0) is 15.7 Å². The molecule has 0 aromatic carbocycles. The van der Waals surface area contributed by atoms with E-state index in [-0.39, 0.29) is 5.97 Å². The van der Waals surface area contributed by atoms with E-state index in [0.29, 0.717) is 8.87 Å². The van der Waals surface area contributed by atoms with Gasteiger partial charge in [0.1, 0.15) is 0 Å². The molecule has 0 aromatic heterocycles. The zero-order valence-electron chi connectivity index (χ0n) is 22.0. The van der Waals surface area contributed by atoms with Crippen LogP contribution in [-0.4, -0.2) is 31.1 Å². The first kappa shape index (κ1) is 32.5. The quantitative estimate of drug-likeness (QED) is 0.122. The Bertz CT molecular complexity index is 923. The van der Waals surface area contributed by atoms with Crippen molar-refractivity contribution in [2.45, 2.75) is 114 Å². The fourth-order valence-corrected chi connectivity index (χ4v) is 12.6. The van der Waals surface area contributed by atoms with Crippen molar-refractivity contribution in [3.63, 3.8) is 0 Å². The maximum absolute atomic E-state index is 12.5. The molecule has 0 aliphatic heterocycles. The van der Waals surface area contributed by atoms with E-state index in [0.717, 1.165) is 38.5 Å². The monoisotopic (exact) mass is 584 g/mol. The fraction of sp³-hybridized carbons (Fsp3) is 0.600. The van der Waals surface area contributed by atoms with Crippen LogP contribution in [0, 0.1) is 59.2 Å². The molecule has 0 rings (SSSR count). The van der Waals surface area contributed by atoms with Gasteiger partial charge in [0.15, 0.2) is 0 Å². The van der Waals surface area contributed by atoms with Gasteiger partial charge < -0.3 is 0 Å². The number of unbranched alkanes of at least 4 members (excludes halogenated alkanes) is 10. The van der Waals surface area contributed by atoms with Crippen molar-refractivity contribution >= 4 is 31.1 Å². The fourth-order valence-electron chi connectivity index (χ4n) is 3.49. The molecule has 0 saturated carbocycles. The normalized spacial score (nSPS) is 9.26. The third-order valence-electron chi connectivity index (χ3n) is 5.16. The van der Waals surface area contributed by atoms with Crippen molar-refractivity contribution in [1.82, 2.24) is 0 Å². The van der Waals surface area contributed by atoms with E-state index >= 15 is 0 Å². The summed E-state index contributed by atoms with van der Waals surface area (Å²) in [5, 5.41) is 0. The molecule has 188 valence electrons. The summed E-state index contributed by atoms with van der Waals surface area (Å²) < 4.78 is 13.1. The number of hydrogen-bond acceptors (Lipinski definition) is 4. The van der Waals surface area contributed by atoms with Gasteiger partial charge in [-0.15, -0.1) is 0 Å². The molecule has 0 saturated heterocycles. The molecule has 0 bridgehead atoms. The first-order chi connectivity index (χ1) is 17.0. The molecular weight excluding hydrogens is 543 g/mol. The molecular formula is C30H40O4Sn. The summed E-state index contributed by atoms with van der Waals surface area (Å²) in [6.07, 6.45) is 13.5. The van der Waals surface area contributed by atoms with Crippen LogP contribution in [0.5, 0.6) is 0 Å². The van der Waals surface area contributed by atoms with Crippen molar-refractivity contribution in [3.05, 3.63) is 0 Å². The number of hydrogen-bond donors (Lipinski definition) is 0. The first-order valence-corrected chi connectivity index (χ1v) is 19.2. The zero-order chi connectivity index (χ0) is 26.0. The molecule has 4 nitrogen and oxygen atoms in total. The Labute approximate surface area is 219 Å². The molecule has 0 aliphatic rings. The second-order valence-corrected chi connectivity index (χ2v) is 17.5. The Balaban J connectivity index is 5.24. The third-order valence-corrected chi connectivity index (χ3v) is 15.0. The Morgan fingerprint density at radius 2 is 1.03 bits per heavy atom. The van der Waals surface area contributed by atoms with Crippen LogP contribution in [0.4, 0.5) is 0 Å². The first-order valence-electron chi connectivity index (χ1n) is 12.8. The maximum atomic E-state index is 12.5. The average molecular weight is 583 g/mol. The number of rotatable bonds is 16. The third kappa shape index (κ3) is 20.6. The summed E-state index contributed by atoms with van der Waals surface area (Å²) in [7, 11) is 0. The molecule has 0 amide bonds. The summed E-state index contributed by atoms with van der Waals surface area (Å²) in [6.45, 7) is 7.47. The van der Waals surface area contributed by atoms with E-state index in [1.54, 1.807) is 6.92 Å². The molecule has 0 unspecified atom stereocenters. The van der Waals surface area contributed by atoms with Gasteiger partial charge in [-0.1, -0.05) is 0 Å². The van der Waals surface area contributed by atoms with E-state index < -0.39 is 25.2 Å². The van der Waals surface area contributed by atoms with Crippen LogP contribution in [0.15, 0.2) is 0 Å². The van der Waals surface area contributed by atoms with Gasteiger partial charge in [-0.25, -0.2) is 0 Å². The Kier molecular flexibility index (Phi) is 21.7. The Morgan fingerprint density at radius 3 is 1.49 bits per heavy atom. The summed E-state index contributed by atoms with van der Waals surface area (Å²) in [6, 6.07) is 0. The minimum atomic E-state index is -3.97. The average Bonchev–Trinajstić information content (AvgIpc) is 2.82. The van der Waals surface area contributed by atoms with Crippen LogP contribution in [0.2, 0.25) is 8.87 Å². The predicted octanol–water partition coefficient (Wildman–Crippen LogP) is 6.29. The molecule has 0 fully saturated rings. The standard InChI is InChI=1S/C12H4O2.2C8H17.C2H4O2.Sn/c1-2-3-4-5-6-7-8-9-10-11-12(13)14;2*1-3-5-7-8-6-4-2;1-2(3)4;/h1H3,(H,13,14);2*1,3-8H2,2H3;1H3,(H,3,4);/q;;;;+2/p-2. The van der Waals surface area contributed by atoms with E-state index in [1.807, 2.05) is 0 Å². The summed E-state index contributed by atoms with van der Waals surface area (Å²) in [5.74, 6) is 24.2. The second-order valence-electron chi connectivity index (χ2n) is 8.30. The SMILES string of the molecule is CC#CC#CC#CC#CC#CC(=O)[O][Sn]([CH2]CCCCCCC)([CH2]CCCCCCC)[O]C(C)=O. The minimum absolute atomic E-state index is 0.373. The molecule has 0 radical (unpaired) electrons. The van der Waals surface area contributed by atoms with Crippen molar-refractivity contribution in [3.8, 4) is 59.2 Å². The molecule has 0 heterocycles. The van der Waals surface area contributed by atoms with Gasteiger partial charge in [-0.2, -0.15) is 0 Å². The zero-order valence-corrected chi connectivity index (χ0v) is 24.9. The van der Waals surface area contributed by atoms with E-state index in [1.165, 1.54) is 45.4 Å². The van der Waals surface area contributed by atoms with Crippen LogP contribution in [0.1, 0.15) is 105 Å². The van der Waals surface area contributed by atoms with Gasteiger partial charge in [-0.05, 0) is 6.92 Å². The molecule has 5 heteroatoms. The van der Waals surface area contributed by atoms with Gasteiger partial charge in [0.2, 0.25) is 0 Å². The Hall–Kier alpha value is -2.46. The molecule has 0 atom stereocenters. The van der Waals surface area contributed by atoms with Crippen molar-refractivity contribution in [2.75, 3.05) is 0 Å². The van der Waals surface area contributed by atoms with Crippen LogP contribution in [0.3, 0.4) is 0 Å². The van der Waals surface area contributed by atoms with Crippen LogP contribution >= 0.6 is 0 Å². The molecule has 35 heavy (non-hydrogen) atoms. The van der Waals surface area contributed by atoms with Crippen molar-refractivity contribution < 1.29 is 15.7 Å². The summed E-state index contributed by atoms with van der Waals surface area (Å²) in [5.41, 5.74) is 0. The van der Waals surface area contributed by atoms with Gasteiger partial charge in [0.05, 0.1) is 0 Å². The van der Waals surface area contributed by atoms with E-state index in [4.69, 9.17) is 6.15 Å². The van der Waals surface area contributed by atoms with Crippen LogP contribution in [0.25, 0.3) is 0 Å². The molecule has 0 aromatic rings. The van der Waals surface area contributed by atoms with Crippen LogP contribution < -0.4 is 0 Å². The van der Waals surface area contributed by atoms with Gasteiger partial charge in [-0.3, -0.25) is 0 Å². The summed E-state index contributed by atoms with van der Waals surface area (Å²) in [4.78, 5) is 24.5. The predicted molar refractivity (Wildman–Crippen MR) is 145 cm³/mol. The topological polar surface area (TPSA) is 52.6 Å². The van der Waals surface area contributed by atoms with Gasteiger partial charge in [0.25, 0.3) is 0 Å². The Morgan fingerprint density at radius 1 is 0.600 bits per heavy atom. The molecule has 0 N–H and O–H groups in total. The van der Waals surface area contributed by atoms with Crippen molar-refractivity contribution in [2.24, 2.45) is 0 Å². The van der Waals surface area contributed by atoms with Gasteiger partial charge in [0, 0.05) is 0 Å². The summed E-state index contributed by atoms with van der Waals surface area (Å²) >= 11 is -3.97. The van der Waals surface area contributed by atoms with Crippen molar-refractivity contribution in [1.29, 1.82) is 0 Å². The van der Waals surface area contributed by atoms with Gasteiger partial charge >= 0.3 is 213 Å². The number of carbonyl (C=O) groups is 2. The molecule has 0 spiro atoms. The number of carbonyl (C=O) groups excluding carboxylic acids is 2.